The van der Waals surface area contributed by atoms with Gasteiger partial charge >= 0.3 is 18.1 Å². The van der Waals surface area contributed by atoms with Gasteiger partial charge in [0.2, 0.25) is 11.8 Å². The van der Waals surface area contributed by atoms with Gasteiger partial charge in [0.05, 0.1) is 39.8 Å². The first-order valence-electron chi connectivity index (χ1n) is 28.9. The number of nitrogens with two attached hydrogens (primary N) is 1. The second-order valence-corrected chi connectivity index (χ2v) is 24.1. The number of carbonyl (C=O) groups is 9. The van der Waals surface area contributed by atoms with E-state index in [1.54, 1.807) is 52.8 Å². The largest absolute Gasteiger partial charge is 0.457 e. The number of hydrogen-bond acceptors (Lipinski definition) is 15. The monoisotopic (exact) mass is 1250 g/mol. The number of amides is 8. The Morgan fingerprint density at radius 1 is 1.00 bits per heavy atom. The molecule has 7 N–H and O–H groups in total. The van der Waals surface area contributed by atoms with Crippen molar-refractivity contribution in [2.45, 2.75) is 167 Å². The number of thiocarbonyl (C=S) groups is 1. The third-order valence-electron chi connectivity index (χ3n) is 16.3. The minimum atomic E-state index is -1.94. The van der Waals surface area contributed by atoms with Crippen LogP contribution in [0.25, 0.3) is 0 Å². The van der Waals surface area contributed by atoms with Crippen molar-refractivity contribution in [1.29, 1.82) is 0 Å². The number of nitrogens with one attached hydrogen (secondary N) is 4. The van der Waals surface area contributed by atoms with E-state index in [0.29, 0.717) is 65.5 Å². The lowest BCUT2D eigenvalue weighted by atomic mass is 9.83. The van der Waals surface area contributed by atoms with Crippen LogP contribution in [-0.2, 0) is 60.6 Å². The van der Waals surface area contributed by atoms with Gasteiger partial charge in [-0.1, -0.05) is 80.9 Å². The zero-order chi connectivity index (χ0) is 64.4. The average molecular weight is 1250 g/mol. The highest BCUT2D eigenvalue weighted by atomic mass is 35.5. The lowest BCUT2D eigenvalue weighted by Gasteiger charge is -2.42. The topological polar surface area (TPSA) is 298 Å². The molecule has 0 aromatic heterocycles. The summed E-state index contributed by atoms with van der Waals surface area (Å²) in [5.41, 5.74) is 3.32. The number of ketones is 1. The summed E-state index contributed by atoms with van der Waals surface area (Å²) in [6, 6.07) is 0.357. The number of aliphatic hydroxyl groups is 1. The number of allylic oxidation sites excluding steroid dienone is 3. The van der Waals surface area contributed by atoms with Gasteiger partial charge in [-0.3, -0.25) is 39.0 Å². The van der Waals surface area contributed by atoms with E-state index in [4.69, 9.17) is 48.5 Å². The number of imide groups is 1. The number of carbonyl (C=O) groups excluding carboxylic acids is 9. The highest BCUT2D eigenvalue weighted by Crippen LogP contribution is 2.49. The number of primary amides is 1. The number of urea groups is 1. The van der Waals surface area contributed by atoms with Crippen LogP contribution < -0.4 is 31.9 Å². The molecule has 22 nitrogen and oxygen atoms in total. The number of epoxide rings is 1. The molecule has 0 spiro atoms. The van der Waals surface area contributed by atoms with Gasteiger partial charge in [0.15, 0.2) is 11.5 Å². The summed E-state index contributed by atoms with van der Waals surface area (Å²) in [5, 5.41) is 22.8. The molecule has 0 aliphatic carbocycles. The number of ether oxygens (including phenoxy) is 4. The number of esters is 1. The summed E-state index contributed by atoms with van der Waals surface area (Å²) in [4.78, 5) is 123. The Morgan fingerprint density at radius 2 is 1.69 bits per heavy atom. The minimum absolute atomic E-state index is 0.0171. The fourth-order valence-electron chi connectivity index (χ4n) is 10.9. The molecule has 6 rings (SSSR count). The maximum absolute atomic E-state index is 16.2. The summed E-state index contributed by atoms with van der Waals surface area (Å²) < 4.78 is 56.1. The summed E-state index contributed by atoms with van der Waals surface area (Å²) in [5.74, 6) is -8.34. The van der Waals surface area contributed by atoms with Crippen LogP contribution in [0.2, 0.25) is 5.02 Å². The van der Waals surface area contributed by atoms with Gasteiger partial charge in [-0.05, 0) is 107 Å². The van der Waals surface area contributed by atoms with Crippen molar-refractivity contribution < 1.29 is 76.0 Å². The van der Waals surface area contributed by atoms with Gasteiger partial charge in [0.1, 0.15) is 47.6 Å². The zero-order valence-electron chi connectivity index (χ0n) is 50.6. The van der Waals surface area contributed by atoms with Crippen LogP contribution in [0.5, 0.6) is 0 Å². The van der Waals surface area contributed by atoms with Crippen LogP contribution in [0.15, 0.2) is 60.2 Å². The van der Waals surface area contributed by atoms with E-state index in [1.807, 2.05) is 19.1 Å². The second kappa shape index (κ2) is 29.7. The Hall–Kier alpha value is -7.19. The highest BCUT2D eigenvalue weighted by Gasteiger charge is 2.64. The smallest absolute Gasteiger partial charge is 0.409 e. The summed E-state index contributed by atoms with van der Waals surface area (Å²) in [6.45, 7) is 12.0. The lowest BCUT2D eigenvalue weighted by molar-refractivity contribution is -0.158. The van der Waals surface area contributed by atoms with Crippen molar-refractivity contribution in [3.05, 3.63) is 99.1 Å². The van der Waals surface area contributed by atoms with Crippen LogP contribution in [0, 0.1) is 30.4 Å². The Balaban J connectivity index is 1.17. The number of likely N-dealkylation sites (N-methyl/N-ethyl adjacent to an activating group) is 1. The maximum Gasteiger partial charge on any atom is 0.409 e. The number of aryl methyl sites for hydroxylation is 1. The van der Waals surface area contributed by atoms with Crippen LogP contribution in [0.3, 0.4) is 0 Å². The third-order valence-corrected chi connectivity index (χ3v) is 17.1. The number of unbranched alkanes of at least 4 members (excludes halogenated alkanes) is 2. The minimum Gasteiger partial charge on any atom is -0.457 e. The van der Waals surface area contributed by atoms with Gasteiger partial charge in [-0.15, -0.1) is 0 Å². The number of hydrogen-bond donors (Lipinski definition) is 6. The van der Waals surface area contributed by atoms with Crippen molar-refractivity contribution in [3.8, 4) is 0 Å². The van der Waals surface area contributed by atoms with E-state index in [-0.39, 0.29) is 50.1 Å². The molecule has 26 heteroatoms. The number of Topliss-reactive ketones (excluding diaryl/α,β-unsaturated/α-hetero) is 1. The van der Waals surface area contributed by atoms with Gasteiger partial charge < -0.3 is 55.5 Å². The lowest BCUT2D eigenvalue weighted by Crippen LogP contribution is -2.63. The fourth-order valence-corrected chi connectivity index (χ4v) is 11.4. The Kier molecular flexibility index (Phi) is 23.5. The molecule has 4 heterocycles. The molecule has 2 saturated heterocycles. The molecule has 10 atom stereocenters. The second-order valence-electron chi connectivity index (χ2n) is 23.3. The molecule has 474 valence electrons. The van der Waals surface area contributed by atoms with Gasteiger partial charge in [0, 0.05) is 65.2 Å². The fraction of sp³-hybridized carbons (Fsp3) is 0.541. The first-order chi connectivity index (χ1) is 40.9. The molecular formula is C61H79ClF2N8O14S. The van der Waals surface area contributed by atoms with Crippen LogP contribution in [0.1, 0.15) is 120 Å². The van der Waals surface area contributed by atoms with Gasteiger partial charge in [-0.2, -0.15) is 0 Å². The van der Waals surface area contributed by atoms with Crippen molar-refractivity contribution in [2.24, 2.45) is 17.6 Å². The van der Waals surface area contributed by atoms with E-state index in [0.717, 1.165) is 28.0 Å². The molecular weight excluding hydrogens is 1170 g/mol. The Morgan fingerprint density at radius 3 is 2.34 bits per heavy atom. The van der Waals surface area contributed by atoms with Crippen LogP contribution >= 0.6 is 23.8 Å². The van der Waals surface area contributed by atoms with E-state index in [2.05, 4.69) is 21.3 Å². The van der Waals surface area contributed by atoms with Crippen molar-refractivity contribution in [3.63, 3.8) is 0 Å². The molecule has 2 aromatic carbocycles. The zero-order valence-corrected chi connectivity index (χ0v) is 52.2. The molecule has 4 aliphatic rings. The molecule has 4 aliphatic heterocycles. The standard InChI is InChI=1S/C61H79ClF2N8O14S/c1-32(2)53(68-48(87)19-12-11-13-23-72-49(74)20-21-50(72)75)55(77)67-42(17-15-22-66-58(65)80)44(73)28-38-27-41(64)39(29-40(38)63)56(78)70(8)36(6)57(79)85-47-30-51(76)71(9)43-26-37(25-34(4)52(43)62)24-33(3)16-14-18-46(83-10)61(82)31-45(84-59(81)69-61)35(5)54-60(47,7)86-54/h14,16,18,20-21,25-27,29,32,35-36,42,45-47,53-54,82H,11-13,15,17,19,22-24,28,30-31H2,1-10H3,(H,67,77)(H,68,87)(H,69,81)(H3,65,66,80)/b18-14+,33-16+/t35-,36+,42+,45+,46-,47+,53+,54+,60+,61+/m1/s1. The number of anilines is 1. The highest BCUT2D eigenvalue weighted by molar-refractivity contribution is 7.80. The van der Waals surface area contributed by atoms with E-state index >= 15 is 8.78 Å². The number of rotatable bonds is 22. The number of alkyl carbamates (subject to hydrolysis) is 1. The van der Waals surface area contributed by atoms with Crippen molar-refractivity contribution in [1.82, 2.24) is 31.1 Å². The SMILES string of the molecule is CO[C@@H]1/C=C/C=C(\C)Cc2cc(C)c(Cl)c(c2)N(C)C(=O)C[C@H](OC(=O)[C@H](C)N(C)C(=O)c2cc(F)c(CC(=O)[C@H](CCCNC(N)=O)NC(=O)[C@@H](NC(=S)CCCCCN3C(=O)C=CC3=O)C(C)C)cc2F)[C@]2(C)O[C@H]2[C@H](C)[C@@H]2C[C@@]1(O)NC(=O)O2. The summed E-state index contributed by atoms with van der Waals surface area (Å²) >= 11 is 12.4. The molecule has 0 saturated carbocycles. The Bertz CT molecular complexity index is 3090. The van der Waals surface area contributed by atoms with Crippen molar-refractivity contribution >= 4 is 87.9 Å². The summed E-state index contributed by atoms with van der Waals surface area (Å²) in [7, 11) is 4.06. The first kappa shape index (κ1) is 68.9. The van der Waals surface area contributed by atoms with Gasteiger partial charge in [-0.25, -0.2) is 23.2 Å². The third kappa shape index (κ3) is 17.3. The average Bonchev–Trinajstić information content (AvgIpc) is 1.61. The number of nitrogens with zero attached hydrogens (tertiary/aromatic N) is 3. The molecule has 4 bridgehead atoms. The molecule has 0 unspecified atom stereocenters. The first-order valence-corrected chi connectivity index (χ1v) is 29.6. The van der Waals surface area contributed by atoms with Crippen molar-refractivity contribution in [2.75, 3.05) is 39.2 Å². The molecule has 2 aromatic rings. The normalized spacial score (nSPS) is 25.0. The number of benzene rings is 2. The Labute approximate surface area is 515 Å². The van der Waals surface area contributed by atoms with E-state index < -0.39 is 137 Å². The molecule has 8 amide bonds. The molecule has 0 radical (unpaired) electrons. The summed E-state index contributed by atoms with van der Waals surface area (Å²) in [6.07, 6.45) is 3.60. The molecule has 2 fully saturated rings. The number of halogens is 3. The van der Waals surface area contributed by atoms with E-state index in [9.17, 15) is 48.3 Å². The van der Waals surface area contributed by atoms with Crippen LogP contribution in [0.4, 0.5) is 24.1 Å². The van der Waals surface area contributed by atoms with Gasteiger partial charge in [0.25, 0.3) is 17.7 Å². The quantitative estimate of drug-likeness (QED) is 0.0264. The number of fused-ring (bicyclic) bond motifs is 5. The predicted octanol–water partition coefficient (Wildman–Crippen LogP) is 5.88. The van der Waals surface area contributed by atoms with E-state index in [1.165, 1.54) is 38.1 Å². The maximum atomic E-state index is 16.2. The number of methoxy groups -OCH3 is 1. The molecule has 87 heavy (non-hydrogen) atoms. The predicted molar refractivity (Wildman–Crippen MR) is 321 cm³/mol. The van der Waals surface area contributed by atoms with Crippen LogP contribution in [-0.4, -0.2) is 161 Å².